The number of aromatic nitrogens is 1. The number of benzene rings is 1. The van der Waals surface area contributed by atoms with Crippen molar-refractivity contribution in [1.82, 2.24) is 10.3 Å². The van der Waals surface area contributed by atoms with E-state index in [9.17, 15) is 9.90 Å². The number of hydrogen-bond donors (Lipinski definition) is 2. The normalized spacial score (nSPS) is 18.8. The summed E-state index contributed by atoms with van der Waals surface area (Å²) >= 11 is 0. The predicted octanol–water partition coefficient (Wildman–Crippen LogP) is 6.19. The van der Waals surface area contributed by atoms with Crippen LogP contribution in [0.3, 0.4) is 0 Å². The number of pyridine rings is 1. The van der Waals surface area contributed by atoms with Crippen LogP contribution in [0.25, 0.3) is 11.1 Å². The van der Waals surface area contributed by atoms with Crippen LogP contribution in [0.4, 0.5) is 5.69 Å². The van der Waals surface area contributed by atoms with Gasteiger partial charge in [-0.1, -0.05) is 32.0 Å². The third-order valence-electron chi connectivity index (χ3n) is 7.94. The van der Waals surface area contributed by atoms with Crippen LogP contribution in [0, 0.1) is 12.3 Å². The lowest BCUT2D eigenvalue weighted by atomic mass is 9.81. The molecule has 0 bridgehead atoms. The van der Waals surface area contributed by atoms with Gasteiger partial charge in [-0.25, -0.2) is 4.79 Å². The lowest BCUT2D eigenvalue weighted by Gasteiger charge is -2.41. The molecule has 0 aliphatic carbocycles. The highest BCUT2D eigenvalue weighted by atomic mass is 16.6. The molecule has 0 amide bonds. The standard InChI is InChI=1S/C33H49N3O4/c1-20(2)39-31(38)30(40-32(5,6)7)26-21(3)35-28(22(4)37)27(29(26)36-16-13-33(8,9)14-17-36)24-10-11-25-19-34-15-12-23(25)18-24/h10-11,18,20,22,30,34,37H,12-17,19H2,1-9H3/t22?,30-/m0/s1. The lowest BCUT2D eigenvalue weighted by molar-refractivity contribution is -0.171. The van der Waals surface area contributed by atoms with E-state index >= 15 is 0 Å². The highest BCUT2D eigenvalue weighted by Gasteiger charge is 2.38. The number of fused-ring (bicyclic) bond motifs is 1. The van der Waals surface area contributed by atoms with Gasteiger partial charge in [0.2, 0.25) is 0 Å². The van der Waals surface area contributed by atoms with Gasteiger partial charge in [0.15, 0.2) is 6.10 Å². The van der Waals surface area contributed by atoms with Crippen molar-refractivity contribution < 1.29 is 19.4 Å². The van der Waals surface area contributed by atoms with Gasteiger partial charge >= 0.3 is 5.97 Å². The van der Waals surface area contributed by atoms with Gasteiger partial charge in [-0.15, -0.1) is 0 Å². The SMILES string of the molecule is Cc1nc(C(C)O)c(-c2ccc3c(c2)CCNC3)c(N2CCC(C)(C)CC2)c1[C@H](OC(C)(C)C)C(=O)OC(C)C. The molecule has 1 aromatic heterocycles. The fraction of sp³-hybridized carbons (Fsp3) is 0.636. The molecule has 2 aliphatic heterocycles. The van der Waals surface area contributed by atoms with Crippen LogP contribution < -0.4 is 10.2 Å². The van der Waals surface area contributed by atoms with E-state index in [0.717, 1.165) is 67.8 Å². The Bertz CT molecular complexity index is 1220. The Hall–Kier alpha value is -2.48. The van der Waals surface area contributed by atoms with Crippen molar-refractivity contribution in [2.75, 3.05) is 24.5 Å². The minimum atomic E-state index is -0.955. The Morgan fingerprint density at radius 2 is 1.80 bits per heavy atom. The molecule has 4 rings (SSSR count). The number of aliphatic hydroxyl groups excluding tert-OH is 1. The largest absolute Gasteiger partial charge is 0.461 e. The molecule has 1 fully saturated rings. The molecule has 40 heavy (non-hydrogen) atoms. The molecule has 3 heterocycles. The quantitative estimate of drug-likeness (QED) is 0.397. The predicted molar refractivity (Wildman–Crippen MR) is 160 cm³/mol. The number of ether oxygens (including phenoxy) is 2. The van der Waals surface area contributed by atoms with Gasteiger partial charge in [0.1, 0.15) is 0 Å². The summed E-state index contributed by atoms with van der Waals surface area (Å²) < 4.78 is 12.3. The molecular formula is C33H49N3O4. The van der Waals surface area contributed by atoms with Crippen molar-refractivity contribution in [1.29, 1.82) is 0 Å². The average Bonchev–Trinajstić information content (AvgIpc) is 2.85. The van der Waals surface area contributed by atoms with Gasteiger partial charge in [0.25, 0.3) is 0 Å². The summed E-state index contributed by atoms with van der Waals surface area (Å²) in [6.07, 6.45) is 0.969. The number of anilines is 1. The number of aliphatic hydroxyl groups is 1. The first-order chi connectivity index (χ1) is 18.7. The number of hydrogen-bond acceptors (Lipinski definition) is 7. The molecule has 0 radical (unpaired) electrons. The van der Waals surface area contributed by atoms with E-state index in [1.165, 1.54) is 11.1 Å². The van der Waals surface area contributed by atoms with Crippen LogP contribution in [0.2, 0.25) is 0 Å². The zero-order valence-corrected chi connectivity index (χ0v) is 26.0. The minimum absolute atomic E-state index is 0.239. The summed E-state index contributed by atoms with van der Waals surface area (Å²) in [5.41, 5.74) is 7.11. The molecule has 7 nitrogen and oxygen atoms in total. The molecule has 1 aromatic carbocycles. The summed E-state index contributed by atoms with van der Waals surface area (Å²) in [5, 5.41) is 14.5. The van der Waals surface area contributed by atoms with E-state index in [1.54, 1.807) is 6.92 Å². The zero-order chi connectivity index (χ0) is 29.4. The Balaban J connectivity index is 2.03. The number of carbonyl (C=O) groups is 1. The Kier molecular flexibility index (Phi) is 8.98. The second-order valence-corrected chi connectivity index (χ2v) is 13.6. The van der Waals surface area contributed by atoms with E-state index in [1.807, 2.05) is 41.5 Å². The summed E-state index contributed by atoms with van der Waals surface area (Å²) in [6.45, 7) is 21.4. The maximum atomic E-state index is 13.7. The third kappa shape index (κ3) is 6.87. The maximum absolute atomic E-state index is 13.7. The summed E-state index contributed by atoms with van der Waals surface area (Å²) in [5.74, 6) is -0.416. The first-order valence-electron chi connectivity index (χ1n) is 14.9. The van der Waals surface area contributed by atoms with Crippen LogP contribution in [0.5, 0.6) is 0 Å². The van der Waals surface area contributed by atoms with Gasteiger partial charge in [0, 0.05) is 36.5 Å². The van der Waals surface area contributed by atoms with Crippen LogP contribution in [-0.2, 0) is 27.2 Å². The Morgan fingerprint density at radius 1 is 1.12 bits per heavy atom. The topological polar surface area (TPSA) is 83.9 Å². The fourth-order valence-electron chi connectivity index (χ4n) is 5.79. The van der Waals surface area contributed by atoms with Gasteiger partial charge in [0.05, 0.1) is 29.2 Å². The smallest absolute Gasteiger partial charge is 0.340 e. The average molecular weight is 552 g/mol. The van der Waals surface area contributed by atoms with Crippen molar-refractivity contribution in [3.63, 3.8) is 0 Å². The molecule has 2 aromatic rings. The van der Waals surface area contributed by atoms with E-state index in [4.69, 9.17) is 14.5 Å². The molecule has 2 aliphatic rings. The molecule has 2 N–H and O–H groups in total. The first kappa shape index (κ1) is 30.5. The van der Waals surface area contributed by atoms with Crippen LogP contribution >= 0.6 is 0 Å². The van der Waals surface area contributed by atoms with Crippen molar-refractivity contribution in [3.8, 4) is 11.1 Å². The third-order valence-corrected chi connectivity index (χ3v) is 7.94. The zero-order valence-electron chi connectivity index (χ0n) is 26.0. The van der Waals surface area contributed by atoms with Crippen molar-refractivity contribution in [2.45, 2.75) is 112 Å². The number of piperidine rings is 1. The second kappa shape index (κ2) is 11.8. The van der Waals surface area contributed by atoms with Crippen molar-refractivity contribution >= 4 is 11.7 Å². The van der Waals surface area contributed by atoms with Crippen molar-refractivity contribution in [3.05, 3.63) is 46.3 Å². The number of aryl methyl sites for hydroxylation is 1. The van der Waals surface area contributed by atoms with E-state index in [2.05, 4.69) is 42.3 Å². The highest BCUT2D eigenvalue weighted by Crippen LogP contribution is 2.46. The number of esters is 1. The Morgan fingerprint density at radius 3 is 2.40 bits per heavy atom. The summed E-state index contributed by atoms with van der Waals surface area (Å²) in [4.78, 5) is 21.1. The van der Waals surface area contributed by atoms with Gasteiger partial charge in [-0.05, 0) is 96.4 Å². The molecule has 1 unspecified atom stereocenters. The molecule has 7 heteroatoms. The van der Waals surface area contributed by atoms with Crippen molar-refractivity contribution in [2.24, 2.45) is 5.41 Å². The minimum Gasteiger partial charge on any atom is -0.461 e. The molecule has 0 saturated carbocycles. The number of carbonyl (C=O) groups excluding carboxylic acids is 1. The maximum Gasteiger partial charge on any atom is 0.340 e. The Labute approximate surface area is 240 Å². The monoisotopic (exact) mass is 551 g/mol. The van der Waals surface area contributed by atoms with Gasteiger partial charge in [-0.3, -0.25) is 4.98 Å². The van der Waals surface area contributed by atoms with E-state index in [0.29, 0.717) is 11.4 Å². The van der Waals surface area contributed by atoms with E-state index < -0.39 is 23.8 Å². The molecule has 1 saturated heterocycles. The highest BCUT2D eigenvalue weighted by molar-refractivity contribution is 5.89. The number of nitrogens with zero attached hydrogens (tertiary/aromatic N) is 2. The molecular weight excluding hydrogens is 502 g/mol. The summed E-state index contributed by atoms with van der Waals surface area (Å²) in [7, 11) is 0. The lowest BCUT2D eigenvalue weighted by Crippen LogP contribution is -2.40. The van der Waals surface area contributed by atoms with Gasteiger partial charge in [-0.2, -0.15) is 0 Å². The molecule has 220 valence electrons. The fourth-order valence-corrected chi connectivity index (χ4v) is 5.79. The molecule has 2 atom stereocenters. The molecule has 0 spiro atoms. The first-order valence-corrected chi connectivity index (χ1v) is 14.9. The van der Waals surface area contributed by atoms with Crippen LogP contribution in [0.15, 0.2) is 18.2 Å². The van der Waals surface area contributed by atoms with Crippen LogP contribution in [-0.4, -0.2) is 47.4 Å². The van der Waals surface area contributed by atoms with Gasteiger partial charge < -0.3 is 24.8 Å². The van der Waals surface area contributed by atoms with Crippen LogP contribution in [0.1, 0.15) is 109 Å². The summed E-state index contributed by atoms with van der Waals surface area (Å²) in [6, 6.07) is 6.57. The number of nitrogens with one attached hydrogen (secondary N) is 1. The number of rotatable bonds is 7. The second-order valence-electron chi connectivity index (χ2n) is 13.6. The van der Waals surface area contributed by atoms with E-state index in [-0.39, 0.29) is 11.5 Å².